The molecule has 2 atom stereocenters. The molecule has 0 aromatic carbocycles. The van der Waals surface area contributed by atoms with Crippen molar-refractivity contribution in [3.8, 4) is 0 Å². The first-order valence-corrected chi connectivity index (χ1v) is 4.95. The molecular formula is C11H18. The minimum atomic E-state index is 0.850. The molecule has 3 fully saturated rings. The lowest BCUT2D eigenvalue weighted by molar-refractivity contribution is 0.0623. The molecule has 0 N–H and O–H groups in total. The second kappa shape index (κ2) is 2.66. The lowest BCUT2D eigenvalue weighted by atomic mass is 9.59. The maximum atomic E-state index is 3.95. The zero-order valence-electron chi connectivity index (χ0n) is 7.42. The van der Waals surface area contributed by atoms with Gasteiger partial charge in [0.05, 0.1) is 0 Å². The number of hydrogen-bond donors (Lipinski definition) is 0. The molecule has 2 bridgehead atoms. The highest BCUT2D eigenvalue weighted by Gasteiger charge is 2.39. The Morgan fingerprint density at radius 1 is 1.09 bits per heavy atom. The van der Waals surface area contributed by atoms with Crippen LogP contribution in [0.5, 0.6) is 0 Å². The standard InChI is InChI=1S/C11H18/c1-3-11-8(2)9-4-6-10(11)7-5-9/h3,8-11H,1,4-7H2,2H3. The van der Waals surface area contributed by atoms with Gasteiger partial charge in [-0.1, -0.05) is 13.0 Å². The maximum absolute atomic E-state index is 3.95. The van der Waals surface area contributed by atoms with Gasteiger partial charge in [-0.05, 0) is 49.4 Å². The first-order valence-electron chi connectivity index (χ1n) is 4.95. The van der Waals surface area contributed by atoms with Gasteiger partial charge in [-0.15, -0.1) is 6.58 Å². The van der Waals surface area contributed by atoms with Crippen molar-refractivity contribution < 1.29 is 0 Å². The van der Waals surface area contributed by atoms with E-state index in [-0.39, 0.29) is 0 Å². The minimum absolute atomic E-state index is 0.850. The van der Waals surface area contributed by atoms with Crippen LogP contribution in [0.3, 0.4) is 0 Å². The van der Waals surface area contributed by atoms with Crippen LogP contribution in [0.25, 0.3) is 0 Å². The molecule has 0 nitrogen and oxygen atoms in total. The molecule has 0 saturated heterocycles. The quantitative estimate of drug-likeness (QED) is 0.503. The van der Waals surface area contributed by atoms with Crippen molar-refractivity contribution in [3.63, 3.8) is 0 Å². The van der Waals surface area contributed by atoms with E-state index in [1.54, 1.807) is 0 Å². The third-order valence-corrected chi connectivity index (χ3v) is 3.98. The monoisotopic (exact) mass is 150 g/mol. The molecule has 3 aliphatic rings. The molecular weight excluding hydrogens is 132 g/mol. The van der Waals surface area contributed by atoms with Crippen LogP contribution in [0.15, 0.2) is 12.7 Å². The zero-order chi connectivity index (χ0) is 7.84. The Morgan fingerprint density at radius 2 is 1.64 bits per heavy atom. The first-order chi connectivity index (χ1) is 5.33. The van der Waals surface area contributed by atoms with E-state index in [0.717, 1.165) is 23.7 Å². The van der Waals surface area contributed by atoms with Crippen molar-refractivity contribution in [2.24, 2.45) is 23.7 Å². The molecule has 0 aromatic rings. The summed E-state index contributed by atoms with van der Waals surface area (Å²) < 4.78 is 0. The van der Waals surface area contributed by atoms with Crippen LogP contribution in [0.1, 0.15) is 32.6 Å². The summed E-state index contributed by atoms with van der Waals surface area (Å²) in [6.07, 6.45) is 8.16. The lowest BCUT2D eigenvalue weighted by Gasteiger charge is -2.46. The van der Waals surface area contributed by atoms with Crippen molar-refractivity contribution in [2.45, 2.75) is 32.6 Å². The summed E-state index contributed by atoms with van der Waals surface area (Å²) >= 11 is 0. The van der Waals surface area contributed by atoms with E-state index in [1.807, 2.05) is 0 Å². The fourth-order valence-corrected chi connectivity index (χ4v) is 3.21. The van der Waals surface area contributed by atoms with Gasteiger partial charge in [-0.3, -0.25) is 0 Å². The van der Waals surface area contributed by atoms with Gasteiger partial charge in [-0.2, -0.15) is 0 Å². The Bertz CT molecular complexity index is 149. The first kappa shape index (κ1) is 7.39. The smallest absolute Gasteiger partial charge is 0.0179 e. The Balaban J connectivity index is 2.16. The van der Waals surface area contributed by atoms with E-state index >= 15 is 0 Å². The number of hydrogen-bond acceptors (Lipinski definition) is 0. The molecule has 0 heteroatoms. The molecule has 3 saturated carbocycles. The number of allylic oxidation sites excluding steroid dienone is 1. The van der Waals surface area contributed by atoms with Crippen molar-refractivity contribution in [1.29, 1.82) is 0 Å². The minimum Gasteiger partial charge on any atom is -0.103 e. The Kier molecular flexibility index (Phi) is 1.78. The van der Waals surface area contributed by atoms with Gasteiger partial charge in [0, 0.05) is 0 Å². The molecule has 11 heavy (non-hydrogen) atoms. The van der Waals surface area contributed by atoms with Crippen molar-refractivity contribution in [3.05, 3.63) is 12.7 Å². The van der Waals surface area contributed by atoms with E-state index in [9.17, 15) is 0 Å². The molecule has 0 amide bonds. The molecule has 0 aliphatic heterocycles. The van der Waals surface area contributed by atoms with Crippen LogP contribution in [-0.2, 0) is 0 Å². The van der Waals surface area contributed by atoms with Crippen LogP contribution >= 0.6 is 0 Å². The van der Waals surface area contributed by atoms with Gasteiger partial charge >= 0.3 is 0 Å². The van der Waals surface area contributed by atoms with Crippen LogP contribution in [0.4, 0.5) is 0 Å². The molecule has 2 unspecified atom stereocenters. The van der Waals surface area contributed by atoms with Crippen molar-refractivity contribution in [1.82, 2.24) is 0 Å². The largest absolute Gasteiger partial charge is 0.103 e. The number of fused-ring (bicyclic) bond motifs is 3. The Morgan fingerprint density at radius 3 is 2.00 bits per heavy atom. The molecule has 3 rings (SSSR count). The fraction of sp³-hybridized carbons (Fsp3) is 0.818. The molecule has 3 aliphatic carbocycles. The molecule has 0 heterocycles. The van der Waals surface area contributed by atoms with Crippen LogP contribution in [0.2, 0.25) is 0 Å². The molecule has 0 spiro atoms. The van der Waals surface area contributed by atoms with Gasteiger partial charge < -0.3 is 0 Å². The average Bonchev–Trinajstić information content (AvgIpc) is 2.06. The second-order valence-corrected chi connectivity index (χ2v) is 4.35. The third-order valence-electron chi connectivity index (χ3n) is 3.98. The van der Waals surface area contributed by atoms with Gasteiger partial charge in [0.15, 0.2) is 0 Å². The SMILES string of the molecule is C=CC1C2CCC(CC2)C1C. The predicted molar refractivity (Wildman–Crippen MR) is 48.3 cm³/mol. The van der Waals surface area contributed by atoms with Gasteiger partial charge in [0.2, 0.25) is 0 Å². The molecule has 0 aromatic heterocycles. The molecule has 62 valence electrons. The van der Waals surface area contributed by atoms with Crippen LogP contribution < -0.4 is 0 Å². The van der Waals surface area contributed by atoms with Crippen LogP contribution in [0, 0.1) is 23.7 Å². The summed E-state index contributed by atoms with van der Waals surface area (Å²) in [7, 11) is 0. The second-order valence-electron chi connectivity index (χ2n) is 4.35. The zero-order valence-corrected chi connectivity index (χ0v) is 7.42. The summed E-state index contributed by atoms with van der Waals surface area (Å²) in [4.78, 5) is 0. The normalized spacial score (nSPS) is 49.2. The predicted octanol–water partition coefficient (Wildman–Crippen LogP) is 3.24. The van der Waals surface area contributed by atoms with E-state index in [2.05, 4.69) is 19.6 Å². The topological polar surface area (TPSA) is 0 Å². The van der Waals surface area contributed by atoms with Gasteiger partial charge in [0.1, 0.15) is 0 Å². The lowest BCUT2D eigenvalue weighted by Crippen LogP contribution is -2.37. The summed E-state index contributed by atoms with van der Waals surface area (Å²) in [5, 5.41) is 0. The summed E-state index contributed by atoms with van der Waals surface area (Å²) in [5.74, 6) is 3.80. The highest BCUT2D eigenvalue weighted by atomic mass is 14.4. The molecule has 0 radical (unpaired) electrons. The van der Waals surface area contributed by atoms with E-state index < -0.39 is 0 Å². The van der Waals surface area contributed by atoms with E-state index in [1.165, 1.54) is 25.7 Å². The van der Waals surface area contributed by atoms with Crippen LogP contribution in [-0.4, -0.2) is 0 Å². The van der Waals surface area contributed by atoms with E-state index in [0.29, 0.717) is 0 Å². The third kappa shape index (κ3) is 1.04. The van der Waals surface area contributed by atoms with Crippen molar-refractivity contribution in [2.75, 3.05) is 0 Å². The number of rotatable bonds is 1. The Hall–Kier alpha value is -0.260. The van der Waals surface area contributed by atoms with Crippen molar-refractivity contribution >= 4 is 0 Å². The Labute approximate surface area is 69.7 Å². The van der Waals surface area contributed by atoms with Gasteiger partial charge in [0.25, 0.3) is 0 Å². The maximum Gasteiger partial charge on any atom is -0.0179 e. The van der Waals surface area contributed by atoms with E-state index in [4.69, 9.17) is 0 Å². The summed E-state index contributed by atoms with van der Waals surface area (Å²) in [5.41, 5.74) is 0. The summed E-state index contributed by atoms with van der Waals surface area (Å²) in [6.45, 7) is 6.37. The average molecular weight is 150 g/mol. The highest BCUT2D eigenvalue weighted by Crippen LogP contribution is 2.48. The highest BCUT2D eigenvalue weighted by molar-refractivity contribution is 4.97. The van der Waals surface area contributed by atoms with Gasteiger partial charge in [-0.25, -0.2) is 0 Å². The summed E-state index contributed by atoms with van der Waals surface area (Å²) in [6, 6.07) is 0. The fourth-order valence-electron chi connectivity index (χ4n) is 3.21.